The van der Waals surface area contributed by atoms with Crippen molar-refractivity contribution < 1.29 is 9.31 Å². The molecule has 3 nitrogen and oxygen atoms in total. The fourth-order valence-electron chi connectivity index (χ4n) is 0.971. The van der Waals surface area contributed by atoms with Crippen molar-refractivity contribution in [3.8, 4) is 0 Å². The maximum Gasteiger partial charge on any atom is 0.284 e. The fourth-order valence-corrected chi connectivity index (χ4v) is 1.67. The second kappa shape index (κ2) is 3.35. The van der Waals surface area contributed by atoms with E-state index < -0.39 is 16.6 Å². The first-order valence-corrected chi connectivity index (χ1v) is 4.46. The number of nitro groups is 1. The van der Waals surface area contributed by atoms with Crippen LogP contribution < -0.4 is 0 Å². The molecule has 0 aliphatic heterocycles. The summed E-state index contributed by atoms with van der Waals surface area (Å²) in [6.07, 6.45) is 3.85. The normalized spacial score (nSPS) is 33.7. The van der Waals surface area contributed by atoms with Gasteiger partial charge in [-0.1, -0.05) is 28.1 Å². The molecule has 0 saturated heterocycles. The summed E-state index contributed by atoms with van der Waals surface area (Å²) in [6.45, 7) is 0. The molecule has 0 saturated carbocycles. The Bertz CT molecular complexity index is 254. The molecule has 5 heteroatoms. The van der Waals surface area contributed by atoms with Crippen molar-refractivity contribution in [1.29, 1.82) is 0 Å². The second-order valence-electron chi connectivity index (χ2n) is 2.53. The Morgan fingerprint density at radius 2 is 2.33 bits per heavy atom. The van der Waals surface area contributed by atoms with Crippen LogP contribution in [0.15, 0.2) is 24.3 Å². The van der Waals surface area contributed by atoms with Crippen LogP contribution in [0.2, 0.25) is 0 Å². The van der Waals surface area contributed by atoms with E-state index >= 15 is 0 Å². The van der Waals surface area contributed by atoms with Crippen LogP contribution in [0.5, 0.6) is 0 Å². The minimum Gasteiger partial charge on any atom is -0.263 e. The Kier molecular flexibility index (Phi) is 2.62. The summed E-state index contributed by atoms with van der Waals surface area (Å²) in [6, 6.07) is 0. The smallest absolute Gasteiger partial charge is 0.263 e. The molecule has 0 aromatic carbocycles. The minimum atomic E-state index is -1.62. The molecule has 2 atom stereocenters. The molecule has 0 fully saturated rings. The number of nitrogens with zero attached hydrogens (tertiary/aromatic N) is 1. The second-order valence-corrected chi connectivity index (χ2v) is 3.09. The predicted octanol–water partition coefficient (Wildman–Crippen LogP) is 1.86. The number of alkyl halides is 2. The van der Waals surface area contributed by atoms with Gasteiger partial charge in [-0.05, 0) is 12.2 Å². The van der Waals surface area contributed by atoms with E-state index in [-0.39, 0.29) is 5.33 Å². The summed E-state index contributed by atoms with van der Waals surface area (Å²) < 4.78 is 13.1. The van der Waals surface area contributed by atoms with E-state index in [2.05, 4.69) is 15.9 Å². The molecule has 0 aromatic heterocycles. The number of halogens is 2. The highest BCUT2D eigenvalue weighted by Crippen LogP contribution is 2.26. The summed E-state index contributed by atoms with van der Waals surface area (Å²) in [5.41, 5.74) is -1.62. The zero-order chi connectivity index (χ0) is 9.19. The molecular formula is C7H7BrFNO2. The molecule has 1 rings (SSSR count). The lowest BCUT2D eigenvalue weighted by Crippen LogP contribution is -2.47. The van der Waals surface area contributed by atoms with Gasteiger partial charge in [-0.2, -0.15) is 0 Å². The molecule has 0 spiro atoms. The number of hydrogen-bond donors (Lipinski definition) is 0. The fraction of sp³-hybridized carbons (Fsp3) is 0.429. The average molecular weight is 236 g/mol. The molecule has 2 unspecified atom stereocenters. The van der Waals surface area contributed by atoms with E-state index in [1.807, 2.05) is 0 Å². The van der Waals surface area contributed by atoms with Gasteiger partial charge in [-0.15, -0.1) is 0 Å². The highest BCUT2D eigenvalue weighted by molar-refractivity contribution is 9.09. The van der Waals surface area contributed by atoms with Crippen molar-refractivity contribution in [3.63, 3.8) is 0 Å². The SMILES string of the molecule is O=[N+]([O-])C1(CBr)C=CC=CC1F. The molecule has 66 valence electrons. The maximum absolute atomic E-state index is 13.1. The van der Waals surface area contributed by atoms with E-state index in [1.165, 1.54) is 24.3 Å². The summed E-state index contributed by atoms with van der Waals surface area (Å²) in [5, 5.41) is 10.5. The van der Waals surface area contributed by atoms with Gasteiger partial charge in [0.15, 0.2) is 6.17 Å². The lowest BCUT2D eigenvalue weighted by Gasteiger charge is -2.22. The first-order chi connectivity index (χ1) is 5.63. The zero-order valence-corrected chi connectivity index (χ0v) is 7.70. The Balaban J connectivity index is 3.00. The standard InChI is InChI=1S/C7H7BrFNO2/c8-5-7(10(11)12)4-2-1-3-6(7)9/h1-4,6H,5H2. The number of hydrogen-bond acceptors (Lipinski definition) is 2. The number of allylic oxidation sites excluding steroid dienone is 2. The van der Waals surface area contributed by atoms with Crippen LogP contribution in [0.1, 0.15) is 0 Å². The van der Waals surface area contributed by atoms with Gasteiger partial charge in [0.25, 0.3) is 5.54 Å². The summed E-state index contributed by atoms with van der Waals surface area (Å²) in [5.74, 6) is 0. The van der Waals surface area contributed by atoms with E-state index in [0.29, 0.717) is 0 Å². The summed E-state index contributed by atoms with van der Waals surface area (Å²) in [4.78, 5) is 9.96. The van der Waals surface area contributed by atoms with Crippen molar-refractivity contribution in [3.05, 3.63) is 34.4 Å². The first kappa shape index (κ1) is 9.38. The van der Waals surface area contributed by atoms with E-state index in [9.17, 15) is 14.5 Å². The maximum atomic E-state index is 13.1. The van der Waals surface area contributed by atoms with Crippen LogP contribution in [0.25, 0.3) is 0 Å². The third-order valence-corrected chi connectivity index (χ3v) is 2.71. The Morgan fingerprint density at radius 3 is 2.67 bits per heavy atom. The van der Waals surface area contributed by atoms with Gasteiger partial charge in [-0.25, -0.2) is 4.39 Å². The zero-order valence-electron chi connectivity index (χ0n) is 6.11. The molecule has 0 heterocycles. The highest BCUT2D eigenvalue weighted by atomic mass is 79.9. The van der Waals surface area contributed by atoms with Crippen LogP contribution in [0, 0.1) is 10.1 Å². The third kappa shape index (κ3) is 1.29. The Labute approximate surface area is 77.2 Å². The van der Waals surface area contributed by atoms with Crippen molar-refractivity contribution in [2.75, 3.05) is 5.33 Å². The Morgan fingerprint density at radius 1 is 1.67 bits per heavy atom. The molecule has 0 N–H and O–H groups in total. The van der Waals surface area contributed by atoms with Crippen LogP contribution in [0.3, 0.4) is 0 Å². The van der Waals surface area contributed by atoms with E-state index in [0.717, 1.165) is 0 Å². The van der Waals surface area contributed by atoms with E-state index in [4.69, 9.17) is 0 Å². The summed E-state index contributed by atoms with van der Waals surface area (Å²) in [7, 11) is 0. The van der Waals surface area contributed by atoms with Crippen molar-refractivity contribution in [2.45, 2.75) is 11.7 Å². The predicted molar refractivity (Wildman–Crippen MR) is 46.7 cm³/mol. The Hall–Kier alpha value is -0.710. The van der Waals surface area contributed by atoms with Crippen molar-refractivity contribution >= 4 is 15.9 Å². The van der Waals surface area contributed by atoms with Gasteiger partial charge in [-0.3, -0.25) is 10.1 Å². The lowest BCUT2D eigenvalue weighted by atomic mass is 9.92. The molecule has 0 radical (unpaired) electrons. The average Bonchev–Trinajstić information content (AvgIpc) is 2.05. The molecule has 1 aliphatic carbocycles. The number of rotatable bonds is 2. The van der Waals surface area contributed by atoms with Crippen molar-refractivity contribution in [2.24, 2.45) is 0 Å². The largest absolute Gasteiger partial charge is 0.284 e. The molecule has 1 aliphatic rings. The quantitative estimate of drug-likeness (QED) is 0.417. The van der Waals surface area contributed by atoms with Gasteiger partial charge in [0.05, 0.1) is 5.33 Å². The first-order valence-electron chi connectivity index (χ1n) is 3.34. The highest BCUT2D eigenvalue weighted by Gasteiger charge is 2.47. The van der Waals surface area contributed by atoms with Gasteiger partial charge in [0.1, 0.15) is 0 Å². The van der Waals surface area contributed by atoms with Gasteiger partial charge in [0, 0.05) is 4.92 Å². The van der Waals surface area contributed by atoms with Crippen molar-refractivity contribution in [1.82, 2.24) is 0 Å². The van der Waals surface area contributed by atoms with Gasteiger partial charge >= 0.3 is 0 Å². The van der Waals surface area contributed by atoms with Gasteiger partial charge < -0.3 is 0 Å². The monoisotopic (exact) mass is 235 g/mol. The molecule has 12 heavy (non-hydrogen) atoms. The third-order valence-electron chi connectivity index (χ3n) is 1.81. The van der Waals surface area contributed by atoms with Crippen LogP contribution in [-0.4, -0.2) is 22.0 Å². The molecule has 0 aromatic rings. The minimum absolute atomic E-state index is 0.0188. The molecule has 0 amide bonds. The van der Waals surface area contributed by atoms with Gasteiger partial charge in [0.2, 0.25) is 0 Å². The van der Waals surface area contributed by atoms with Crippen LogP contribution in [0.4, 0.5) is 4.39 Å². The topological polar surface area (TPSA) is 43.1 Å². The van der Waals surface area contributed by atoms with E-state index in [1.54, 1.807) is 0 Å². The molecular weight excluding hydrogens is 229 g/mol. The van der Waals surface area contributed by atoms with Crippen LogP contribution >= 0.6 is 15.9 Å². The van der Waals surface area contributed by atoms with Crippen LogP contribution in [-0.2, 0) is 0 Å². The summed E-state index contributed by atoms with van der Waals surface area (Å²) >= 11 is 2.94. The lowest BCUT2D eigenvalue weighted by molar-refractivity contribution is -0.555. The molecule has 0 bridgehead atoms.